The van der Waals surface area contributed by atoms with E-state index in [1.54, 1.807) is 0 Å². The first-order chi connectivity index (χ1) is 16.5. The van der Waals surface area contributed by atoms with E-state index in [0.29, 0.717) is 18.9 Å². The lowest BCUT2D eigenvalue weighted by Crippen LogP contribution is -2.36. The van der Waals surface area contributed by atoms with E-state index in [9.17, 15) is 5.11 Å². The van der Waals surface area contributed by atoms with Gasteiger partial charge < -0.3 is 19.2 Å². The van der Waals surface area contributed by atoms with Crippen molar-refractivity contribution < 1.29 is 14.3 Å². The molecule has 0 saturated carbocycles. The molecule has 1 aliphatic rings. The Labute approximate surface area is 199 Å². The zero-order chi connectivity index (χ0) is 23.4. The second-order valence-electron chi connectivity index (χ2n) is 9.85. The molecule has 3 aromatic carbocycles. The zero-order valence-corrected chi connectivity index (χ0v) is 20.1. The number of aromatic nitrogens is 1. The highest BCUT2D eigenvalue weighted by Gasteiger charge is 2.38. The van der Waals surface area contributed by atoms with Crippen LogP contribution < -0.4 is 0 Å². The Hall–Kier alpha value is -3.08. The molecule has 0 fully saturated rings. The smallest absolute Gasteiger partial charge is 0.136 e. The minimum atomic E-state index is -0.459. The molecule has 1 unspecified atom stereocenters. The number of aliphatic hydroxyl groups excluding tert-OH is 1. The van der Waals surface area contributed by atoms with E-state index in [1.807, 2.05) is 12.1 Å². The van der Waals surface area contributed by atoms with Gasteiger partial charge in [0.15, 0.2) is 0 Å². The second kappa shape index (κ2) is 8.00. The van der Waals surface area contributed by atoms with Crippen LogP contribution >= 0.6 is 0 Å². The fourth-order valence-corrected chi connectivity index (χ4v) is 5.73. The van der Waals surface area contributed by atoms with Gasteiger partial charge in [0, 0.05) is 34.7 Å². The Bertz CT molecular complexity index is 1520. The van der Waals surface area contributed by atoms with Crippen molar-refractivity contribution in [2.24, 2.45) is 0 Å². The van der Waals surface area contributed by atoms with Gasteiger partial charge in [-0.3, -0.25) is 0 Å². The molecule has 4 nitrogen and oxygen atoms in total. The molecule has 34 heavy (non-hydrogen) atoms. The SMILES string of the molecule is CCC1(CCO)OCCc2c1[nH]c1c(-c3ccc4c(c3)oc3ccccc34)cc(C(C)C)cc21. The van der Waals surface area contributed by atoms with Crippen molar-refractivity contribution >= 4 is 32.8 Å². The van der Waals surface area contributed by atoms with Crippen LogP contribution in [0.3, 0.4) is 0 Å². The first kappa shape index (κ1) is 21.5. The van der Waals surface area contributed by atoms with Crippen LogP contribution in [0.5, 0.6) is 0 Å². The number of furan rings is 1. The van der Waals surface area contributed by atoms with Crippen molar-refractivity contribution in [2.45, 2.75) is 51.6 Å². The summed E-state index contributed by atoms with van der Waals surface area (Å²) in [7, 11) is 0. The van der Waals surface area contributed by atoms with Crippen LogP contribution in [0.25, 0.3) is 44.0 Å². The number of nitrogens with one attached hydrogen (secondary N) is 1. The van der Waals surface area contributed by atoms with E-state index in [4.69, 9.17) is 9.15 Å². The maximum absolute atomic E-state index is 9.82. The summed E-state index contributed by atoms with van der Waals surface area (Å²) in [6, 6.07) is 19.4. The summed E-state index contributed by atoms with van der Waals surface area (Å²) >= 11 is 0. The summed E-state index contributed by atoms with van der Waals surface area (Å²) in [5.41, 5.74) is 8.64. The van der Waals surface area contributed by atoms with Gasteiger partial charge in [0.2, 0.25) is 0 Å². The molecule has 2 N–H and O–H groups in total. The molecule has 1 aliphatic heterocycles. The third-order valence-electron chi connectivity index (χ3n) is 7.67. The molecule has 174 valence electrons. The van der Waals surface area contributed by atoms with Gasteiger partial charge in [-0.1, -0.05) is 45.0 Å². The highest BCUT2D eigenvalue weighted by Crippen LogP contribution is 2.44. The number of fused-ring (bicyclic) bond motifs is 6. The molecule has 4 heteroatoms. The minimum Gasteiger partial charge on any atom is -0.456 e. The lowest BCUT2D eigenvalue weighted by atomic mass is 9.86. The quantitative estimate of drug-likeness (QED) is 0.291. The number of ether oxygens (including phenoxy) is 1. The van der Waals surface area contributed by atoms with Crippen molar-refractivity contribution in [3.8, 4) is 11.1 Å². The fourth-order valence-electron chi connectivity index (χ4n) is 5.73. The van der Waals surface area contributed by atoms with Crippen molar-refractivity contribution in [3.05, 3.63) is 71.4 Å². The van der Waals surface area contributed by atoms with Gasteiger partial charge in [0.1, 0.15) is 16.8 Å². The molecule has 1 atom stereocenters. The van der Waals surface area contributed by atoms with E-state index in [-0.39, 0.29) is 6.61 Å². The van der Waals surface area contributed by atoms with Crippen molar-refractivity contribution in [1.29, 1.82) is 0 Å². The van der Waals surface area contributed by atoms with Crippen LogP contribution in [-0.4, -0.2) is 23.3 Å². The Balaban J connectivity index is 1.62. The summed E-state index contributed by atoms with van der Waals surface area (Å²) in [5.74, 6) is 0.414. The molecular formula is C30H31NO3. The van der Waals surface area contributed by atoms with Gasteiger partial charge >= 0.3 is 0 Å². The normalized spacial score (nSPS) is 18.4. The first-order valence-electron chi connectivity index (χ1n) is 12.4. The molecule has 3 heterocycles. The lowest BCUT2D eigenvalue weighted by molar-refractivity contribution is -0.0795. The Morgan fingerprint density at radius 1 is 1.00 bits per heavy atom. The number of hydrogen-bond acceptors (Lipinski definition) is 3. The van der Waals surface area contributed by atoms with Gasteiger partial charge in [-0.15, -0.1) is 0 Å². The highest BCUT2D eigenvalue weighted by atomic mass is 16.5. The molecule has 0 saturated heterocycles. The third kappa shape index (κ3) is 3.13. The van der Waals surface area contributed by atoms with Crippen LogP contribution in [-0.2, 0) is 16.8 Å². The summed E-state index contributed by atoms with van der Waals surface area (Å²) in [5, 5.41) is 13.4. The van der Waals surface area contributed by atoms with E-state index < -0.39 is 5.60 Å². The average Bonchev–Trinajstić information content (AvgIpc) is 3.42. The molecule has 0 amide bonds. The number of aromatic amines is 1. The van der Waals surface area contributed by atoms with Gasteiger partial charge in [0.05, 0.1) is 17.8 Å². The summed E-state index contributed by atoms with van der Waals surface area (Å²) in [6.07, 6.45) is 2.30. The van der Waals surface area contributed by atoms with E-state index in [2.05, 4.69) is 68.2 Å². The van der Waals surface area contributed by atoms with Gasteiger partial charge in [-0.05, 0) is 65.8 Å². The number of rotatable bonds is 5. The minimum absolute atomic E-state index is 0.107. The van der Waals surface area contributed by atoms with Crippen LogP contribution in [0.4, 0.5) is 0 Å². The maximum atomic E-state index is 9.82. The Morgan fingerprint density at radius 2 is 1.82 bits per heavy atom. The first-order valence-corrected chi connectivity index (χ1v) is 12.4. The van der Waals surface area contributed by atoms with Gasteiger partial charge in [-0.2, -0.15) is 0 Å². The van der Waals surface area contributed by atoms with Crippen LogP contribution in [0.2, 0.25) is 0 Å². The molecule has 0 aliphatic carbocycles. The van der Waals surface area contributed by atoms with Crippen LogP contribution in [0.1, 0.15) is 56.4 Å². The van der Waals surface area contributed by atoms with Crippen molar-refractivity contribution in [3.63, 3.8) is 0 Å². The molecular weight excluding hydrogens is 422 g/mol. The summed E-state index contributed by atoms with van der Waals surface area (Å²) in [4.78, 5) is 3.78. The molecule has 2 aromatic heterocycles. The molecule has 0 bridgehead atoms. The van der Waals surface area contributed by atoms with Crippen molar-refractivity contribution in [2.75, 3.05) is 13.2 Å². The maximum Gasteiger partial charge on any atom is 0.136 e. The number of para-hydroxylation sites is 1. The fraction of sp³-hybridized carbons (Fsp3) is 0.333. The highest BCUT2D eigenvalue weighted by molar-refractivity contribution is 6.07. The standard InChI is InChI=1S/C30H31NO3/c1-4-30(12-13-32)29-23(11-14-33-30)25-16-20(18(2)3)15-24(28(25)31-29)19-9-10-22-21-7-5-6-8-26(21)34-27(22)17-19/h5-10,15-18,31-32H,4,11-14H2,1-3H3. The van der Waals surface area contributed by atoms with Crippen LogP contribution in [0, 0.1) is 0 Å². The number of aliphatic hydroxyl groups is 1. The average molecular weight is 454 g/mol. The number of hydrogen-bond donors (Lipinski definition) is 2. The van der Waals surface area contributed by atoms with E-state index in [0.717, 1.165) is 51.6 Å². The Morgan fingerprint density at radius 3 is 2.62 bits per heavy atom. The third-order valence-corrected chi connectivity index (χ3v) is 7.67. The monoisotopic (exact) mass is 453 g/mol. The molecule has 5 aromatic rings. The van der Waals surface area contributed by atoms with E-state index >= 15 is 0 Å². The predicted molar refractivity (Wildman–Crippen MR) is 138 cm³/mol. The number of H-pyrrole nitrogens is 1. The summed E-state index contributed by atoms with van der Waals surface area (Å²) < 4.78 is 12.5. The van der Waals surface area contributed by atoms with E-state index in [1.165, 1.54) is 22.1 Å². The molecule has 0 radical (unpaired) electrons. The second-order valence-corrected chi connectivity index (χ2v) is 9.85. The van der Waals surface area contributed by atoms with Gasteiger partial charge in [0.25, 0.3) is 0 Å². The van der Waals surface area contributed by atoms with Crippen molar-refractivity contribution in [1.82, 2.24) is 4.98 Å². The molecule has 0 spiro atoms. The topological polar surface area (TPSA) is 58.4 Å². The lowest BCUT2D eigenvalue weighted by Gasteiger charge is -2.36. The molecule has 6 rings (SSSR count). The van der Waals surface area contributed by atoms with Crippen LogP contribution in [0.15, 0.2) is 59.0 Å². The summed E-state index contributed by atoms with van der Waals surface area (Å²) in [6.45, 7) is 7.43. The van der Waals surface area contributed by atoms with Gasteiger partial charge in [-0.25, -0.2) is 0 Å². The largest absolute Gasteiger partial charge is 0.456 e. The predicted octanol–water partition coefficient (Wildman–Crippen LogP) is 7.42. The zero-order valence-electron chi connectivity index (χ0n) is 20.1. The number of benzene rings is 3. The Kier molecular flexibility index (Phi) is 5.05.